The van der Waals surface area contributed by atoms with Gasteiger partial charge in [0, 0.05) is 37.5 Å². The third kappa shape index (κ3) is 3.24. The third-order valence-electron chi connectivity index (χ3n) is 4.99. The predicted octanol–water partition coefficient (Wildman–Crippen LogP) is 1.12. The molecule has 3 aliphatic heterocycles. The Morgan fingerprint density at radius 1 is 1.09 bits per heavy atom. The van der Waals surface area contributed by atoms with E-state index in [2.05, 4.69) is 22.3 Å². The van der Waals surface area contributed by atoms with Crippen LogP contribution in [-0.4, -0.2) is 56.4 Å². The maximum Gasteiger partial charge on any atom is 0.231 e. The number of fused-ring (bicyclic) bond motifs is 1. The highest BCUT2D eigenvalue weighted by Gasteiger charge is 2.28. The first-order valence-electron chi connectivity index (χ1n) is 8.46. The Morgan fingerprint density at radius 3 is 2.74 bits per heavy atom. The van der Waals surface area contributed by atoms with Crippen molar-refractivity contribution in [2.24, 2.45) is 0 Å². The first kappa shape index (κ1) is 15.1. The van der Waals surface area contributed by atoms with E-state index < -0.39 is 0 Å². The van der Waals surface area contributed by atoms with Crippen molar-refractivity contribution in [3.63, 3.8) is 0 Å². The van der Waals surface area contributed by atoms with Gasteiger partial charge in [0.05, 0.1) is 18.8 Å². The van der Waals surface area contributed by atoms with E-state index in [0.717, 1.165) is 43.9 Å². The molecule has 3 aliphatic rings. The molecule has 6 nitrogen and oxygen atoms in total. The number of rotatable bonds is 3. The Morgan fingerprint density at radius 2 is 1.91 bits per heavy atom. The molecule has 0 aliphatic carbocycles. The van der Waals surface area contributed by atoms with Crippen LogP contribution in [0.5, 0.6) is 11.5 Å². The number of hydrogen-bond acceptors (Lipinski definition) is 6. The molecular weight excluding hydrogens is 296 g/mol. The van der Waals surface area contributed by atoms with Gasteiger partial charge in [0.2, 0.25) is 6.79 Å². The molecule has 0 radical (unpaired) electrons. The molecular formula is C17H24N2O4. The number of anilines is 1. The zero-order valence-electron chi connectivity index (χ0n) is 13.2. The van der Waals surface area contributed by atoms with Crippen LogP contribution in [0.1, 0.15) is 19.3 Å². The monoisotopic (exact) mass is 320 g/mol. The number of aliphatic hydroxyl groups excluding tert-OH is 1. The molecule has 2 saturated heterocycles. The minimum atomic E-state index is -0.282. The Balaban J connectivity index is 1.32. The Labute approximate surface area is 136 Å². The lowest BCUT2D eigenvalue weighted by molar-refractivity contribution is -0.0198. The average Bonchev–Trinajstić information content (AvgIpc) is 3.05. The van der Waals surface area contributed by atoms with E-state index in [0.29, 0.717) is 26.0 Å². The maximum absolute atomic E-state index is 10.0. The standard InChI is InChI=1S/C17H24N2O4/c20-15-5-8-21-10-14(15)18-12-3-6-19(7-4-12)13-1-2-16-17(9-13)23-11-22-16/h1-2,9,12,14-15,18,20H,3-8,10-11H2/t14-,15-/m1/s1. The topological polar surface area (TPSA) is 63.2 Å². The zero-order chi connectivity index (χ0) is 15.6. The van der Waals surface area contributed by atoms with E-state index in [1.807, 2.05) is 6.07 Å². The molecule has 6 heteroatoms. The average molecular weight is 320 g/mol. The number of piperidine rings is 1. The summed E-state index contributed by atoms with van der Waals surface area (Å²) in [5, 5.41) is 13.6. The van der Waals surface area contributed by atoms with Crippen LogP contribution in [0.4, 0.5) is 5.69 Å². The highest BCUT2D eigenvalue weighted by molar-refractivity contribution is 5.57. The first-order chi connectivity index (χ1) is 11.3. The smallest absolute Gasteiger partial charge is 0.231 e. The summed E-state index contributed by atoms with van der Waals surface area (Å²) in [5.41, 5.74) is 1.19. The van der Waals surface area contributed by atoms with E-state index in [9.17, 15) is 5.11 Å². The first-order valence-corrected chi connectivity index (χ1v) is 8.46. The zero-order valence-corrected chi connectivity index (χ0v) is 13.2. The van der Waals surface area contributed by atoms with Crippen molar-refractivity contribution in [2.75, 3.05) is 38.0 Å². The van der Waals surface area contributed by atoms with Gasteiger partial charge >= 0.3 is 0 Å². The molecule has 0 saturated carbocycles. The number of aliphatic hydroxyl groups is 1. The minimum Gasteiger partial charge on any atom is -0.454 e. The number of benzene rings is 1. The number of nitrogens with zero attached hydrogens (tertiary/aromatic N) is 1. The van der Waals surface area contributed by atoms with Crippen molar-refractivity contribution in [3.8, 4) is 11.5 Å². The molecule has 0 unspecified atom stereocenters. The van der Waals surface area contributed by atoms with E-state index in [1.165, 1.54) is 5.69 Å². The summed E-state index contributed by atoms with van der Waals surface area (Å²) in [5.74, 6) is 1.67. The molecule has 2 atom stereocenters. The second kappa shape index (κ2) is 6.55. The molecule has 0 aromatic heterocycles. The third-order valence-corrected chi connectivity index (χ3v) is 4.99. The second-order valence-electron chi connectivity index (χ2n) is 6.50. The molecule has 23 heavy (non-hydrogen) atoms. The lowest BCUT2D eigenvalue weighted by Gasteiger charge is -2.38. The van der Waals surface area contributed by atoms with Gasteiger partial charge in [-0.15, -0.1) is 0 Å². The molecule has 126 valence electrons. The molecule has 0 spiro atoms. The summed E-state index contributed by atoms with van der Waals surface area (Å²) >= 11 is 0. The normalized spacial score (nSPS) is 28.1. The SMILES string of the molecule is O[C@@H]1CCOC[C@H]1NC1CCN(c2ccc3c(c2)OCO3)CC1. The molecule has 3 heterocycles. The van der Waals surface area contributed by atoms with Crippen molar-refractivity contribution in [2.45, 2.75) is 37.5 Å². The lowest BCUT2D eigenvalue weighted by atomic mass is 10.00. The largest absolute Gasteiger partial charge is 0.454 e. The van der Waals surface area contributed by atoms with Gasteiger partial charge in [0.15, 0.2) is 11.5 Å². The predicted molar refractivity (Wildman–Crippen MR) is 86.2 cm³/mol. The summed E-state index contributed by atoms with van der Waals surface area (Å²) in [6, 6.07) is 6.67. The fraction of sp³-hybridized carbons (Fsp3) is 0.647. The summed E-state index contributed by atoms with van der Waals surface area (Å²) in [6.45, 7) is 3.60. The van der Waals surface area contributed by atoms with Crippen LogP contribution < -0.4 is 19.7 Å². The minimum absolute atomic E-state index is 0.0749. The summed E-state index contributed by atoms with van der Waals surface area (Å²) in [4.78, 5) is 2.38. The van der Waals surface area contributed by atoms with Crippen molar-refractivity contribution in [1.29, 1.82) is 0 Å². The van der Waals surface area contributed by atoms with Crippen molar-refractivity contribution < 1.29 is 19.3 Å². The lowest BCUT2D eigenvalue weighted by Crippen LogP contribution is -2.53. The summed E-state index contributed by atoms with van der Waals surface area (Å²) < 4.78 is 16.3. The van der Waals surface area contributed by atoms with Gasteiger partial charge in [-0.05, 0) is 31.4 Å². The van der Waals surface area contributed by atoms with Crippen LogP contribution in [0.3, 0.4) is 0 Å². The van der Waals surface area contributed by atoms with Gasteiger partial charge in [-0.3, -0.25) is 0 Å². The fourth-order valence-corrected chi connectivity index (χ4v) is 3.57. The van der Waals surface area contributed by atoms with E-state index >= 15 is 0 Å². The Hall–Kier alpha value is -1.50. The van der Waals surface area contributed by atoms with E-state index in [-0.39, 0.29) is 12.1 Å². The molecule has 2 fully saturated rings. The van der Waals surface area contributed by atoms with Gasteiger partial charge < -0.3 is 29.5 Å². The van der Waals surface area contributed by atoms with Gasteiger partial charge in [-0.2, -0.15) is 0 Å². The van der Waals surface area contributed by atoms with Crippen molar-refractivity contribution >= 4 is 5.69 Å². The van der Waals surface area contributed by atoms with Crippen LogP contribution in [-0.2, 0) is 4.74 Å². The van der Waals surface area contributed by atoms with Crippen LogP contribution in [0, 0.1) is 0 Å². The Bertz CT molecular complexity index is 545. The quantitative estimate of drug-likeness (QED) is 0.870. The van der Waals surface area contributed by atoms with E-state index in [1.54, 1.807) is 0 Å². The molecule has 0 bridgehead atoms. The van der Waals surface area contributed by atoms with E-state index in [4.69, 9.17) is 14.2 Å². The highest BCUT2D eigenvalue weighted by Crippen LogP contribution is 2.36. The van der Waals surface area contributed by atoms with Gasteiger partial charge in [-0.25, -0.2) is 0 Å². The van der Waals surface area contributed by atoms with Gasteiger partial charge in [-0.1, -0.05) is 0 Å². The second-order valence-corrected chi connectivity index (χ2v) is 6.50. The number of ether oxygens (including phenoxy) is 3. The molecule has 1 aromatic carbocycles. The molecule has 4 rings (SSSR count). The maximum atomic E-state index is 10.0. The van der Waals surface area contributed by atoms with Crippen LogP contribution in [0.25, 0.3) is 0 Å². The van der Waals surface area contributed by atoms with Crippen LogP contribution >= 0.6 is 0 Å². The molecule has 0 amide bonds. The fourth-order valence-electron chi connectivity index (χ4n) is 3.57. The van der Waals surface area contributed by atoms with Crippen molar-refractivity contribution in [1.82, 2.24) is 5.32 Å². The Kier molecular flexibility index (Phi) is 4.29. The van der Waals surface area contributed by atoms with Gasteiger partial charge in [0.25, 0.3) is 0 Å². The van der Waals surface area contributed by atoms with Crippen LogP contribution in [0.2, 0.25) is 0 Å². The molecule has 2 N–H and O–H groups in total. The number of nitrogens with one attached hydrogen (secondary N) is 1. The van der Waals surface area contributed by atoms with Crippen LogP contribution in [0.15, 0.2) is 18.2 Å². The summed E-state index contributed by atoms with van der Waals surface area (Å²) in [6.07, 6.45) is 2.58. The van der Waals surface area contributed by atoms with Gasteiger partial charge in [0.1, 0.15) is 0 Å². The highest BCUT2D eigenvalue weighted by atomic mass is 16.7. The van der Waals surface area contributed by atoms with Crippen molar-refractivity contribution in [3.05, 3.63) is 18.2 Å². The molecule has 1 aromatic rings. The summed E-state index contributed by atoms with van der Waals surface area (Å²) in [7, 11) is 0. The number of hydrogen-bond donors (Lipinski definition) is 2.